The summed E-state index contributed by atoms with van der Waals surface area (Å²) >= 11 is 0. The molecule has 0 spiro atoms. The van der Waals surface area contributed by atoms with Crippen LogP contribution in [-0.4, -0.2) is 21.0 Å². The molecule has 20 heavy (non-hydrogen) atoms. The molecule has 0 unspecified atom stereocenters. The molecule has 2 rings (SSSR count). The molecule has 0 radical (unpaired) electrons. The van der Waals surface area contributed by atoms with E-state index in [0.717, 1.165) is 17.2 Å². The van der Waals surface area contributed by atoms with Crippen LogP contribution in [0.25, 0.3) is 0 Å². The van der Waals surface area contributed by atoms with Gasteiger partial charge in [-0.25, -0.2) is 9.78 Å². The number of hydrogen-bond acceptors (Lipinski definition) is 4. The van der Waals surface area contributed by atoms with Gasteiger partial charge in [-0.05, 0) is 31.0 Å². The fraction of sp³-hybridized carbons (Fsp3) is 0.214. The number of hydrogen-bond donors (Lipinski definition) is 2. The van der Waals surface area contributed by atoms with Crippen molar-refractivity contribution in [3.8, 4) is 5.75 Å². The third-order valence-corrected chi connectivity index (χ3v) is 2.93. The number of ether oxygens (including phenoxy) is 1. The zero-order valence-corrected chi connectivity index (χ0v) is 11.1. The summed E-state index contributed by atoms with van der Waals surface area (Å²) in [6.45, 7) is 3.89. The van der Waals surface area contributed by atoms with Crippen molar-refractivity contribution in [2.75, 3.05) is 0 Å². The van der Waals surface area contributed by atoms with Gasteiger partial charge >= 0.3 is 5.97 Å². The molecule has 0 aliphatic rings. The molecule has 0 aliphatic heterocycles. The van der Waals surface area contributed by atoms with Crippen molar-refractivity contribution >= 4 is 5.97 Å². The number of nitrogens with one attached hydrogen (secondary N) is 1. The van der Waals surface area contributed by atoms with Crippen molar-refractivity contribution in [1.29, 1.82) is 0 Å². The summed E-state index contributed by atoms with van der Waals surface area (Å²) in [6.07, 6.45) is 0. The molecule has 0 amide bonds. The molecule has 1 heterocycles. The number of rotatable bonds is 4. The third kappa shape index (κ3) is 3.03. The van der Waals surface area contributed by atoms with Crippen LogP contribution in [0.4, 0.5) is 0 Å². The summed E-state index contributed by atoms with van der Waals surface area (Å²) in [4.78, 5) is 28.4. The predicted molar refractivity (Wildman–Crippen MR) is 72.1 cm³/mol. The monoisotopic (exact) mass is 274 g/mol. The normalized spacial score (nSPS) is 10.3. The van der Waals surface area contributed by atoms with E-state index in [1.54, 1.807) is 0 Å². The Morgan fingerprint density at radius 1 is 1.40 bits per heavy atom. The standard InChI is InChI=1S/C14H14N2O4/c1-8-4-3-5-11(9(8)2)20-7-12-15-10(14(18)19)6-13(17)16-12/h3-6H,7H2,1-2H3,(H,18,19)(H,15,16,17). The summed E-state index contributed by atoms with van der Waals surface area (Å²) in [5.74, 6) is -0.395. The Morgan fingerprint density at radius 2 is 2.15 bits per heavy atom. The number of aromatic carboxylic acids is 1. The molecule has 104 valence electrons. The lowest BCUT2D eigenvalue weighted by molar-refractivity contribution is 0.0689. The van der Waals surface area contributed by atoms with Crippen molar-refractivity contribution in [2.45, 2.75) is 20.5 Å². The van der Waals surface area contributed by atoms with Crippen molar-refractivity contribution < 1.29 is 14.6 Å². The molecule has 6 heteroatoms. The predicted octanol–water partition coefficient (Wildman–Crippen LogP) is 1.66. The van der Waals surface area contributed by atoms with Crippen LogP contribution in [0.15, 0.2) is 29.1 Å². The highest BCUT2D eigenvalue weighted by molar-refractivity contribution is 5.85. The quantitative estimate of drug-likeness (QED) is 0.884. The first-order valence-corrected chi connectivity index (χ1v) is 6.00. The number of H-pyrrole nitrogens is 1. The van der Waals surface area contributed by atoms with Gasteiger partial charge in [-0.15, -0.1) is 0 Å². The lowest BCUT2D eigenvalue weighted by atomic mass is 10.1. The molecular weight excluding hydrogens is 260 g/mol. The molecule has 0 aliphatic carbocycles. The fourth-order valence-electron chi connectivity index (χ4n) is 1.71. The topological polar surface area (TPSA) is 92.3 Å². The first-order valence-electron chi connectivity index (χ1n) is 6.00. The Hall–Kier alpha value is -2.63. The Labute approximate surface area is 115 Å². The van der Waals surface area contributed by atoms with E-state index in [1.807, 2.05) is 32.0 Å². The van der Waals surface area contributed by atoms with Crippen LogP contribution in [0, 0.1) is 13.8 Å². The minimum absolute atomic E-state index is 0.000648. The maximum absolute atomic E-state index is 11.3. The van der Waals surface area contributed by atoms with Crippen molar-refractivity contribution in [3.63, 3.8) is 0 Å². The van der Waals surface area contributed by atoms with Gasteiger partial charge in [-0.1, -0.05) is 12.1 Å². The molecule has 2 N–H and O–H groups in total. The molecule has 0 bridgehead atoms. The number of carboxylic acid groups (broad SMARTS) is 1. The van der Waals surface area contributed by atoms with Gasteiger partial charge in [-0.3, -0.25) is 4.79 Å². The van der Waals surface area contributed by atoms with Gasteiger partial charge in [0, 0.05) is 6.07 Å². The summed E-state index contributed by atoms with van der Waals surface area (Å²) in [6, 6.07) is 6.57. The number of nitrogens with zero attached hydrogens (tertiary/aromatic N) is 1. The molecule has 1 aromatic heterocycles. The van der Waals surface area contributed by atoms with Crippen LogP contribution >= 0.6 is 0 Å². The lowest BCUT2D eigenvalue weighted by Crippen LogP contribution is -2.17. The highest BCUT2D eigenvalue weighted by Gasteiger charge is 2.09. The van der Waals surface area contributed by atoms with Crippen molar-refractivity contribution in [1.82, 2.24) is 9.97 Å². The summed E-state index contributed by atoms with van der Waals surface area (Å²) in [7, 11) is 0. The van der Waals surface area contributed by atoms with Crippen molar-refractivity contribution in [2.24, 2.45) is 0 Å². The molecule has 0 fully saturated rings. The third-order valence-electron chi connectivity index (χ3n) is 2.93. The Kier molecular flexibility index (Phi) is 3.84. The van der Waals surface area contributed by atoms with Gasteiger partial charge in [-0.2, -0.15) is 0 Å². The number of benzene rings is 1. The zero-order valence-electron chi connectivity index (χ0n) is 11.1. The van der Waals surface area contributed by atoms with Gasteiger partial charge in [0.15, 0.2) is 5.69 Å². The number of aryl methyl sites for hydroxylation is 1. The highest BCUT2D eigenvalue weighted by Crippen LogP contribution is 2.21. The molecule has 6 nitrogen and oxygen atoms in total. The fourth-order valence-corrected chi connectivity index (χ4v) is 1.71. The van der Waals surface area contributed by atoms with Gasteiger partial charge < -0.3 is 14.8 Å². The molecule has 0 saturated carbocycles. The number of aromatic amines is 1. The van der Waals surface area contributed by atoms with E-state index in [9.17, 15) is 9.59 Å². The second kappa shape index (κ2) is 5.56. The maximum atomic E-state index is 11.3. The van der Waals surface area contributed by atoms with E-state index in [0.29, 0.717) is 5.75 Å². The van der Waals surface area contributed by atoms with E-state index in [1.165, 1.54) is 0 Å². The summed E-state index contributed by atoms with van der Waals surface area (Å²) in [5.41, 5.74) is 1.26. The summed E-state index contributed by atoms with van der Waals surface area (Å²) < 4.78 is 5.57. The molecular formula is C14H14N2O4. The van der Waals surface area contributed by atoms with Gasteiger partial charge in [0.1, 0.15) is 18.2 Å². The largest absolute Gasteiger partial charge is 0.485 e. The first kappa shape index (κ1) is 13.8. The zero-order chi connectivity index (χ0) is 14.7. The second-order valence-electron chi connectivity index (χ2n) is 4.37. The molecule has 0 saturated heterocycles. The van der Waals surface area contributed by atoms with Gasteiger partial charge in [0.05, 0.1) is 0 Å². The Morgan fingerprint density at radius 3 is 2.85 bits per heavy atom. The Bertz CT molecular complexity index is 707. The molecule has 1 aromatic carbocycles. The number of carbonyl (C=O) groups is 1. The van der Waals surface area contributed by atoms with Crippen LogP contribution < -0.4 is 10.3 Å². The minimum atomic E-state index is -1.25. The van der Waals surface area contributed by atoms with E-state index in [2.05, 4.69) is 9.97 Å². The average Bonchev–Trinajstić information content (AvgIpc) is 2.40. The average molecular weight is 274 g/mol. The van der Waals surface area contributed by atoms with E-state index < -0.39 is 11.5 Å². The van der Waals surface area contributed by atoms with E-state index >= 15 is 0 Å². The van der Waals surface area contributed by atoms with Crippen LogP contribution in [-0.2, 0) is 6.61 Å². The molecule has 0 atom stereocenters. The highest BCUT2D eigenvalue weighted by atomic mass is 16.5. The first-order chi connectivity index (χ1) is 9.47. The smallest absolute Gasteiger partial charge is 0.354 e. The minimum Gasteiger partial charge on any atom is -0.485 e. The van der Waals surface area contributed by atoms with Crippen molar-refractivity contribution in [3.05, 3.63) is 57.3 Å². The lowest BCUT2D eigenvalue weighted by Gasteiger charge is -2.10. The van der Waals surface area contributed by atoms with Gasteiger partial charge in [0.2, 0.25) is 0 Å². The van der Waals surface area contributed by atoms with Crippen LogP contribution in [0.2, 0.25) is 0 Å². The number of carboxylic acids is 1. The van der Waals surface area contributed by atoms with E-state index in [-0.39, 0.29) is 18.1 Å². The number of aromatic nitrogens is 2. The van der Waals surface area contributed by atoms with Crippen LogP contribution in [0.3, 0.4) is 0 Å². The van der Waals surface area contributed by atoms with Crippen LogP contribution in [0.5, 0.6) is 5.75 Å². The summed E-state index contributed by atoms with van der Waals surface area (Å²) in [5, 5.41) is 8.84. The molecule has 2 aromatic rings. The van der Waals surface area contributed by atoms with Gasteiger partial charge in [0.25, 0.3) is 5.56 Å². The van der Waals surface area contributed by atoms with E-state index in [4.69, 9.17) is 9.84 Å². The maximum Gasteiger partial charge on any atom is 0.354 e. The Balaban J connectivity index is 2.21. The second-order valence-corrected chi connectivity index (χ2v) is 4.37. The SMILES string of the molecule is Cc1cccc(OCc2nc(C(=O)O)cc(=O)[nH]2)c1C. The van der Waals surface area contributed by atoms with Crippen LogP contribution in [0.1, 0.15) is 27.4 Å².